The molecular weight excluding hydrogens is 550 g/mol. The Morgan fingerprint density at radius 2 is 1.21 bits per heavy atom. The number of carbonyl (C=O) groups is 3. The Kier molecular flexibility index (Phi) is 30.0. The van der Waals surface area contributed by atoms with E-state index in [1.807, 2.05) is 6.08 Å². The van der Waals surface area contributed by atoms with E-state index in [9.17, 15) is 19.5 Å². The van der Waals surface area contributed by atoms with Gasteiger partial charge >= 0.3 is 11.9 Å². The van der Waals surface area contributed by atoms with Gasteiger partial charge < -0.3 is 29.4 Å². The molecule has 43 heavy (non-hydrogen) atoms. The second-order valence-electron chi connectivity index (χ2n) is 11.3. The highest BCUT2D eigenvalue weighted by molar-refractivity contribution is 5.78. The van der Waals surface area contributed by atoms with Gasteiger partial charge in [-0.25, -0.2) is 0 Å². The first kappa shape index (κ1) is 41.0. The molecule has 0 aliphatic rings. The molecule has 0 aromatic rings. The number of hydrogen-bond donors (Lipinski definition) is 2. The Labute approximate surface area is 261 Å². The molecule has 0 aliphatic carbocycles. The molecule has 0 fully saturated rings. The fourth-order valence-corrected chi connectivity index (χ4v) is 4.51. The Balaban J connectivity index is 4.36. The molecule has 252 valence electrons. The summed E-state index contributed by atoms with van der Waals surface area (Å²) in [4.78, 5) is 36.3. The van der Waals surface area contributed by atoms with Crippen LogP contribution in [0.4, 0.5) is 0 Å². The van der Waals surface area contributed by atoms with Gasteiger partial charge in [0, 0.05) is 13.5 Å². The van der Waals surface area contributed by atoms with Gasteiger partial charge in [-0.2, -0.15) is 0 Å². The summed E-state index contributed by atoms with van der Waals surface area (Å²) < 4.78 is 20.6. The number of ether oxygens (including phenoxy) is 4. The summed E-state index contributed by atoms with van der Waals surface area (Å²) in [5, 5.41) is 13.1. The fourth-order valence-electron chi connectivity index (χ4n) is 4.51. The second-order valence-corrected chi connectivity index (χ2v) is 11.3. The second kappa shape index (κ2) is 31.5. The summed E-state index contributed by atoms with van der Waals surface area (Å²) in [6.07, 6.45) is 22.8. The first-order valence-electron chi connectivity index (χ1n) is 17.0. The van der Waals surface area contributed by atoms with Crippen molar-refractivity contribution in [2.24, 2.45) is 0 Å². The molecule has 0 aliphatic heterocycles. The van der Waals surface area contributed by atoms with Crippen LogP contribution in [0.1, 0.15) is 142 Å². The van der Waals surface area contributed by atoms with Crippen molar-refractivity contribution in [2.45, 2.75) is 155 Å². The van der Waals surface area contributed by atoms with Gasteiger partial charge in [-0.15, -0.1) is 0 Å². The van der Waals surface area contributed by atoms with Crippen molar-refractivity contribution in [1.82, 2.24) is 5.32 Å². The van der Waals surface area contributed by atoms with E-state index in [0.717, 1.165) is 44.9 Å². The van der Waals surface area contributed by atoms with Crippen LogP contribution >= 0.6 is 0 Å². The molecule has 0 unspecified atom stereocenters. The predicted molar refractivity (Wildman–Crippen MR) is 171 cm³/mol. The Morgan fingerprint density at radius 3 is 1.79 bits per heavy atom. The number of nitrogens with one attached hydrogen (secondary N) is 1. The maximum Gasteiger partial charge on any atom is 0.306 e. The zero-order valence-electron chi connectivity index (χ0n) is 27.6. The highest BCUT2D eigenvalue weighted by atomic mass is 16.6. The van der Waals surface area contributed by atoms with E-state index < -0.39 is 24.3 Å². The Bertz CT molecular complexity index is 700. The minimum Gasteiger partial charge on any atom is -0.463 e. The lowest BCUT2D eigenvalue weighted by atomic mass is 10.1. The lowest BCUT2D eigenvalue weighted by Gasteiger charge is -2.20. The fraction of sp³-hybridized carbons (Fsp3) is 0.853. The summed E-state index contributed by atoms with van der Waals surface area (Å²) in [6, 6.07) is -0.615. The summed E-state index contributed by atoms with van der Waals surface area (Å²) in [5.41, 5.74) is 0. The standard InChI is InChI=1S/C34H63NO8/c1-4-6-8-10-11-12-13-14-15-16-17-19-21-23-32(37)42-28-30(35-31(36)22-20-18-9-7-5-2)29-43-34(39)25-24-33(38)41-27-26-40-3/h21,23,30,32,37H,4-20,22,24-29H2,1-3H3,(H,35,36)/b23-21+/t30-,32+/m1/s1. The number of rotatable bonds is 31. The van der Waals surface area contributed by atoms with Crippen LogP contribution in [-0.4, -0.2) is 68.8 Å². The summed E-state index contributed by atoms with van der Waals surface area (Å²) in [7, 11) is 1.51. The third-order valence-corrected chi connectivity index (χ3v) is 7.14. The topological polar surface area (TPSA) is 120 Å². The van der Waals surface area contributed by atoms with Gasteiger partial charge in [0.25, 0.3) is 0 Å². The third-order valence-electron chi connectivity index (χ3n) is 7.14. The molecule has 0 aromatic heterocycles. The number of allylic oxidation sites excluding steroid dienone is 1. The van der Waals surface area contributed by atoms with Crippen molar-refractivity contribution in [3.8, 4) is 0 Å². The minimum absolute atomic E-state index is 0.0160. The number of aliphatic hydroxyl groups excluding tert-OH is 1. The smallest absolute Gasteiger partial charge is 0.306 e. The van der Waals surface area contributed by atoms with Gasteiger partial charge in [0.15, 0.2) is 6.29 Å². The van der Waals surface area contributed by atoms with E-state index in [1.165, 1.54) is 71.3 Å². The SMILES string of the molecule is CCCCCCCCCCCCC/C=C/[C@@H](O)OC[C@H](COC(=O)CCC(=O)OCCOC)NC(=O)CCCCCCC. The molecule has 9 nitrogen and oxygen atoms in total. The molecule has 0 radical (unpaired) electrons. The highest BCUT2D eigenvalue weighted by Gasteiger charge is 2.17. The maximum atomic E-state index is 12.5. The minimum atomic E-state index is -1.11. The van der Waals surface area contributed by atoms with Gasteiger partial charge in [-0.3, -0.25) is 14.4 Å². The van der Waals surface area contributed by atoms with Crippen molar-refractivity contribution in [3.05, 3.63) is 12.2 Å². The number of esters is 2. The molecule has 0 saturated heterocycles. The largest absolute Gasteiger partial charge is 0.463 e. The van der Waals surface area contributed by atoms with Gasteiger partial charge in [-0.1, -0.05) is 110 Å². The molecule has 0 saturated carbocycles. The number of amides is 1. The number of hydrogen-bond acceptors (Lipinski definition) is 8. The molecule has 2 atom stereocenters. The van der Waals surface area contributed by atoms with Crippen LogP contribution in [0.25, 0.3) is 0 Å². The molecule has 0 heterocycles. The first-order chi connectivity index (χ1) is 20.9. The summed E-state index contributed by atoms with van der Waals surface area (Å²) in [6.45, 7) is 4.68. The number of carbonyl (C=O) groups excluding carboxylic acids is 3. The molecule has 0 rings (SSSR count). The van der Waals surface area contributed by atoms with Crippen LogP contribution in [0.3, 0.4) is 0 Å². The lowest BCUT2D eigenvalue weighted by molar-refractivity contribution is -0.152. The van der Waals surface area contributed by atoms with Crippen molar-refractivity contribution >= 4 is 17.8 Å². The van der Waals surface area contributed by atoms with Crippen LogP contribution < -0.4 is 5.32 Å². The van der Waals surface area contributed by atoms with Gasteiger partial charge in [-0.05, 0) is 25.3 Å². The summed E-state index contributed by atoms with van der Waals surface area (Å²) in [5.74, 6) is -1.23. The molecule has 0 bridgehead atoms. The Morgan fingerprint density at radius 1 is 0.674 bits per heavy atom. The van der Waals surface area contributed by atoms with Gasteiger partial charge in [0.1, 0.15) is 13.2 Å². The first-order valence-corrected chi connectivity index (χ1v) is 17.0. The number of unbranched alkanes of at least 4 members (excludes halogenated alkanes) is 15. The van der Waals surface area contributed by atoms with Crippen LogP contribution in [0.2, 0.25) is 0 Å². The van der Waals surface area contributed by atoms with E-state index in [-0.39, 0.29) is 45.2 Å². The molecule has 9 heteroatoms. The average molecular weight is 614 g/mol. The van der Waals surface area contributed by atoms with E-state index in [1.54, 1.807) is 6.08 Å². The molecule has 1 amide bonds. The van der Waals surface area contributed by atoms with Crippen molar-refractivity contribution in [1.29, 1.82) is 0 Å². The number of methoxy groups -OCH3 is 1. The van der Waals surface area contributed by atoms with Crippen molar-refractivity contribution in [2.75, 3.05) is 33.5 Å². The van der Waals surface area contributed by atoms with Crippen molar-refractivity contribution < 1.29 is 38.4 Å². The van der Waals surface area contributed by atoms with Gasteiger partial charge in [0.2, 0.25) is 5.91 Å². The average Bonchev–Trinajstić information content (AvgIpc) is 2.99. The van der Waals surface area contributed by atoms with Crippen LogP contribution in [0, 0.1) is 0 Å². The normalized spacial score (nSPS) is 12.7. The molecule has 2 N–H and O–H groups in total. The molecule has 0 aromatic carbocycles. The van der Waals surface area contributed by atoms with Crippen LogP contribution in [0.5, 0.6) is 0 Å². The van der Waals surface area contributed by atoms with Crippen molar-refractivity contribution in [3.63, 3.8) is 0 Å². The maximum absolute atomic E-state index is 12.5. The van der Waals surface area contributed by atoms with E-state index in [4.69, 9.17) is 18.9 Å². The zero-order valence-corrected chi connectivity index (χ0v) is 27.6. The number of aliphatic hydroxyl groups is 1. The third kappa shape index (κ3) is 29.9. The van der Waals surface area contributed by atoms with E-state index in [2.05, 4.69) is 19.2 Å². The van der Waals surface area contributed by atoms with E-state index in [0.29, 0.717) is 6.42 Å². The predicted octanol–water partition coefficient (Wildman–Crippen LogP) is 6.94. The quantitative estimate of drug-likeness (QED) is 0.0374. The molecule has 0 spiro atoms. The zero-order chi connectivity index (χ0) is 31.8. The Hall–Kier alpha value is -1.97. The van der Waals surface area contributed by atoms with Crippen LogP contribution in [-0.2, 0) is 33.3 Å². The lowest BCUT2D eigenvalue weighted by Crippen LogP contribution is -2.42. The summed E-state index contributed by atoms with van der Waals surface area (Å²) >= 11 is 0. The van der Waals surface area contributed by atoms with Crippen LogP contribution in [0.15, 0.2) is 12.2 Å². The van der Waals surface area contributed by atoms with Gasteiger partial charge in [0.05, 0.1) is 32.1 Å². The monoisotopic (exact) mass is 613 g/mol. The highest BCUT2D eigenvalue weighted by Crippen LogP contribution is 2.12. The van der Waals surface area contributed by atoms with E-state index >= 15 is 0 Å². The molecular formula is C34H63NO8.